The van der Waals surface area contributed by atoms with Gasteiger partial charge < -0.3 is 10.4 Å². The topological polar surface area (TPSA) is 75.1 Å². The lowest BCUT2D eigenvalue weighted by molar-refractivity contribution is 0.0690. The zero-order chi connectivity index (χ0) is 11.4. The van der Waals surface area contributed by atoms with Gasteiger partial charge in [0.25, 0.3) is 0 Å². The fraction of sp³-hybridized carbons (Fsp3) is 0.300. The van der Waals surface area contributed by atoms with Gasteiger partial charge in [-0.1, -0.05) is 12.2 Å². The van der Waals surface area contributed by atoms with E-state index in [1.807, 2.05) is 6.92 Å². The highest BCUT2D eigenvalue weighted by Gasteiger charge is 2.07. The summed E-state index contributed by atoms with van der Waals surface area (Å²) in [5, 5.41) is 11.7. The van der Waals surface area contributed by atoms with Crippen molar-refractivity contribution in [2.45, 2.75) is 13.8 Å². The van der Waals surface area contributed by atoms with Crippen molar-refractivity contribution in [3.63, 3.8) is 0 Å². The average Bonchev–Trinajstić information content (AvgIpc) is 2.13. The number of carboxylic acid groups (broad SMARTS) is 1. The maximum Gasteiger partial charge on any atom is 0.354 e. The number of carbonyl (C=O) groups is 1. The van der Waals surface area contributed by atoms with Crippen molar-refractivity contribution in [1.82, 2.24) is 9.97 Å². The zero-order valence-corrected chi connectivity index (χ0v) is 8.74. The number of hydrogen-bond donors (Lipinski definition) is 2. The number of aryl methyl sites for hydroxylation is 1. The van der Waals surface area contributed by atoms with Crippen LogP contribution in [-0.2, 0) is 0 Å². The number of nitrogens with one attached hydrogen (secondary N) is 1. The Balaban J connectivity index is 2.88. The number of carboxylic acids is 1. The van der Waals surface area contributed by atoms with Crippen LogP contribution in [0.2, 0.25) is 0 Å². The minimum absolute atomic E-state index is 0.00767. The van der Waals surface area contributed by atoms with E-state index in [1.54, 1.807) is 6.92 Å². The van der Waals surface area contributed by atoms with E-state index in [9.17, 15) is 4.79 Å². The highest BCUT2D eigenvalue weighted by Crippen LogP contribution is 2.05. The number of hydrogen-bond acceptors (Lipinski definition) is 4. The highest BCUT2D eigenvalue weighted by atomic mass is 16.4. The molecule has 0 aliphatic rings. The SMILES string of the molecule is C=C(C)CNc1nc(C)cc(C(=O)O)n1. The summed E-state index contributed by atoms with van der Waals surface area (Å²) in [4.78, 5) is 18.6. The summed E-state index contributed by atoms with van der Waals surface area (Å²) in [5.74, 6) is -0.741. The van der Waals surface area contributed by atoms with Gasteiger partial charge in [-0.05, 0) is 19.9 Å². The second-order valence-electron chi connectivity index (χ2n) is 3.33. The van der Waals surface area contributed by atoms with Crippen LogP contribution in [0.1, 0.15) is 23.1 Å². The van der Waals surface area contributed by atoms with Crippen molar-refractivity contribution in [3.05, 3.63) is 29.6 Å². The molecule has 5 nitrogen and oxygen atoms in total. The molecule has 5 heteroatoms. The highest BCUT2D eigenvalue weighted by molar-refractivity contribution is 5.85. The smallest absolute Gasteiger partial charge is 0.354 e. The molecule has 2 N–H and O–H groups in total. The minimum Gasteiger partial charge on any atom is -0.477 e. The lowest BCUT2D eigenvalue weighted by Gasteiger charge is -2.05. The van der Waals surface area contributed by atoms with Crippen LogP contribution in [0.5, 0.6) is 0 Å². The molecule has 0 atom stereocenters. The summed E-state index contributed by atoms with van der Waals surface area (Å²) in [7, 11) is 0. The quantitative estimate of drug-likeness (QED) is 0.731. The predicted molar refractivity (Wildman–Crippen MR) is 57.0 cm³/mol. The Hall–Kier alpha value is -1.91. The molecule has 0 spiro atoms. The summed E-state index contributed by atoms with van der Waals surface area (Å²) in [6, 6.07) is 1.42. The third-order valence-corrected chi connectivity index (χ3v) is 1.62. The van der Waals surface area contributed by atoms with Gasteiger partial charge in [0.2, 0.25) is 5.95 Å². The average molecular weight is 207 g/mol. The molecule has 0 amide bonds. The van der Waals surface area contributed by atoms with Gasteiger partial charge in [-0.25, -0.2) is 14.8 Å². The molecular formula is C10H13N3O2. The number of nitrogens with zero attached hydrogens (tertiary/aromatic N) is 2. The molecule has 0 fully saturated rings. The molecule has 0 aliphatic heterocycles. The van der Waals surface area contributed by atoms with Crippen LogP contribution in [0.3, 0.4) is 0 Å². The van der Waals surface area contributed by atoms with Gasteiger partial charge in [0.15, 0.2) is 5.69 Å². The molecule has 0 saturated heterocycles. The molecule has 0 saturated carbocycles. The summed E-state index contributed by atoms with van der Waals surface area (Å²) in [6.45, 7) is 7.83. The van der Waals surface area contributed by atoms with Crippen molar-refractivity contribution < 1.29 is 9.90 Å². The Morgan fingerprint density at radius 1 is 1.60 bits per heavy atom. The standard InChI is InChI=1S/C10H13N3O2/c1-6(2)5-11-10-12-7(3)4-8(13-10)9(14)15/h4H,1,5H2,2-3H3,(H,14,15)(H,11,12,13). The number of aromatic carboxylic acids is 1. The summed E-state index contributed by atoms with van der Waals surface area (Å²) in [5.41, 5.74) is 1.54. The molecule has 1 heterocycles. The van der Waals surface area contributed by atoms with E-state index in [0.29, 0.717) is 18.2 Å². The number of anilines is 1. The van der Waals surface area contributed by atoms with E-state index in [4.69, 9.17) is 5.11 Å². The van der Waals surface area contributed by atoms with Gasteiger partial charge in [-0.15, -0.1) is 0 Å². The number of aromatic nitrogens is 2. The largest absolute Gasteiger partial charge is 0.477 e. The Bertz CT molecular complexity index is 402. The van der Waals surface area contributed by atoms with E-state index in [2.05, 4.69) is 21.9 Å². The molecule has 1 rings (SSSR count). The fourth-order valence-corrected chi connectivity index (χ4v) is 0.987. The molecule has 15 heavy (non-hydrogen) atoms. The molecule has 0 aliphatic carbocycles. The first-order chi connectivity index (χ1) is 6.99. The number of rotatable bonds is 4. The molecule has 0 aromatic carbocycles. The summed E-state index contributed by atoms with van der Waals surface area (Å²) >= 11 is 0. The van der Waals surface area contributed by atoms with E-state index in [-0.39, 0.29) is 5.69 Å². The Morgan fingerprint density at radius 3 is 2.80 bits per heavy atom. The van der Waals surface area contributed by atoms with E-state index < -0.39 is 5.97 Å². The Morgan fingerprint density at radius 2 is 2.27 bits per heavy atom. The van der Waals surface area contributed by atoms with Gasteiger partial charge in [-0.3, -0.25) is 0 Å². The van der Waals surface area contributed by atoms with Crippen molar-refractivity contribution in [1.29, 1.82) is 0 Å². The van der Waals surface area contributed by atoms with Crippen LogP contribution in [-0.4, -0.2) is 27.6 Å². The first-order valence-corrected chi connectivity index (χ1v) is 4.46. The zero-order valence-electron chi connectivity index (χ0n) is 8.74. The molecule has 0 bridgehead atoms. The lowest BCUT2D eigenvalue weighted by atomic mass is 10.3. The Kier molecular flexibility index (Phi) is 3.38. The van der Waals surface area contributed by atoms with E-state index in [0.717, 1.165) is 5.57 Å². The molecule has 0 radical (unpaired) electrons. The van der Waals surface area contributed by atoms with Gasteiger partial charge in [-0.2, -0.15) is 0 Å². The van der Waals surface area contributed by atoms with Crippen LogP contribution < -0.4 is 5.32 Å². The van der Waals surface area contributed by atoms with Crippen LogP contribution in [0.15, 0.2) is 18.2 Å². The van der Waals surface area contributed by atoms with Crippen molar-refractivity contribution in [3.8, 4) is 0 Å². The maximum atomic E-state index is 10.7. The first-order valence-electron chi connectivity index (χ1n) is 4.46. The van der Waals surface area contributed by atoms with Crippen LogP contribution in [0, 0.1) is 6.92 Å². The minimum atomic E-state index is -1.06. The molecule has 0 unspecified atom stereocenters. The van der Waals surface area contributed by atoms with Crippen LogP contribution >= 0.6 is 0 Å². The third-order valence-electron chi connectivity index (χ3n) is 1.62. The van der Waals surface area contributed by atoms with Gasteiger partial charge >= 0.3 is 5.97 Å². The Labute approximate surface area is 87.9 Å². The second-order valence-corrected chi connectivity index (χ2v) is 3.33. The lowest BCUT2D eigenvalue weighted by Crippen LogP contribution is -2.10. The monoisotopic (exact) mass is 207 g/mol. The maximum absolute atomic E-state index is 10.7. The second kappa shape index (κ2) is 4.54. The fourth-order valence-electron chi connectivity index (χ4n) is 0.987. The van der Waals surface area contributed by atoms with Crippen LogP contribution in [0.25, 0.3) is 0 Å². The van der Waals surface area contributed by atoms with Gasteiger partial charge in [0.05, 0.1) is 0 Å². The summed E-state index contributed by atoms with van der Waals surface area (Å²) < 4.78 is 0. The van der Waals surface area contributed by atoms with Crippen molar-refractivity contribution in [2.24, 2.45) is 0 Å². The first kappa shape index (κ1) is 11.2. The predicted octanol–water partition coefficient (Wildman–Crippen LogP) is 1.47. The van der Waals surface area contributed by atoms with Gasteiger partial charge in [0, 0.05) is 12.2 Å². The molecular weight excluding hydrogens is 194 g/mol. The summed E-state index contributed by atoms with van der Waals surface area (Å²) in [6.07, 6.45) is 0. The molecule has 80 valence electrons. The van der Waals surface area contributed by atoms with E-state index in [1.165, 1.54) is 6.07 Å². The molecule has 1 aromatic rings. The van der Waals surface area contributed by atoms with Crippen LogP contribution in [0.4, 0.5) is 5.95 Å². The van der Waals surface area contributed by atoms with Gasteiger partial charge in [0.1, 0.15) is 0 Å². The van der Waals surface area contributed by atoms with Crippen molar-refractivity contribution in [2.75, 3.05) is 11.9 Å². The third kappa shape index (κ3) is 3.38. The van der Waals surface area contributed by atoms with Crippen molar-refractivity contribution >= 4 is 11.9 Å². The normalized spacial score (nSPS) is 9.73. The molecule has 1 aromatic heterocycles. The van der Waals surface area contributed by atoms with E-state index >= 15 is 0 Å².